The Morgan fingerprint density at radius 2 is 1.95 bits per heavy atom. The van der Waals surface area contributed by atoms with E-state index in [4.69, 9.17) is 4.74 Å². The zero-order valence-corrected chi connectivity index (χ0v) is 10.4. The molecule has 0 unspecified atom stereocenters. The van der Waals surface area contributed by atoms with Gasteiger partial charge in [0.1, 0.15) is 11.5 Å². The van der Waals surface area contributed by atoms with Crippen LogP contribution in [0.25, 0.3) is 0 Å². The van der Waals surface area contributed by atoms with Crippen molar-refractivity contribution < 1.29 is 14.6 Å². The van der Waals surface area contributed by atoms with Crippen molar-refractivity contribution in [3.8, 4) is 11.5 Å². The molecule has 96 valence electrons. The first-order valence-corrected chi connectivity index (χ1v) is 6.30. The van der Waals surface area contributed by atoms with Gasteiger partial charge in [-0.2, -0.15) is 0 Å². The minimum absolute atomic E-state index is 0.0179. The van der Waals surface area contributed by atoms with Gasteiger partial charge in [0.05, 0.1) is 12.2 Å². The van der Waals surface area contributed by atoms with E-state index in [2.05, 4.69) is 0 Å². The number of phenolic OH excluding ortho intramolecular Hbond substituents is 1. The van der Waals surface area contributed by atoms with Gasteiger partial charge in [0, 0.05) is 18.4 Å². The quantitative estimate of drug-likeness (QED) is 0.857. The first-order valence-electron chi connectivity index (χ1n) is 6.30. The third-order valence-electron chi connectivity index (χ3n) is 3.34. The lowest BCUT2D eigenvalue weighted by Crippen LogP contribution is -2.05. The van der Waals surface area contributed by atoms with Gasteiger partial charge in [0.25, 0.3) is 0 Å². The lowest BCUT2D eigenvalue weighted by molar-refractivity contribution is 0.0990. The van der Waals surface area contributed by atoms with Gasteiger partial charge >= 0.3 is 0 Å². The molecule has 0 saturated carbocycles. The Labute approximate surface area is 111 Å². The van der Waals surface area contributed by atoms with Crippen LogP contribution in [0.1, 0.15) is 21.5 Å². The van der Waals surface area contributed by atoms with Crippen molar-refractivity contribution in [2.24, 2.45) is 0 Å². The maximum atomic E-state index is 12.3. The molecule has 3 heteroatoms. The van der Waals surface area contributed by atoms with E-state index in [1.54, 1.807) is 12.1 Å². The number of carbonyl (C=O) groups excluding carboxylic acids is 1. The standard InChI is InChI=1S/C16H14O3/c17-14-7-6-12(16-13(14)8-9-19-16)15(18)10-11-4-2-1-3-5-11/h1-7,17H,8-10H2. The summed E-state index contributed by atoms with van der Waals surface area (Å²) in [7, 11) is 0. The van der Waals surface area contributed by atoms with Crippen LogP contribution in [0, 0.1) is 0 Å². The zero-order valence-electron chi connectivity index (χ0n) is 10.4. The summed E-state index contributed by atoms with van der Waals surface area (Å²) < 4.78 is 5.49. The van der Waals surface area contributed by atoms with Gasteiger partial charge in [-0.1, -0.05) is 30.3 Å². The van der Waals surface area contributed by atoms with Crippen LogP contribution in [-0.4, -0.2) is 17.5 Å². The van der Waals surface area contributed by atoms with E-state index in [9.17, 15) is 9.90 Å². The Hall–Kier alpha value is -2.29. The molecule has 0 radical (unpaired) electrons. The van der Waals surface area contributed by atoms with Crippen LogP contribution >= 0.6 is 0 Å². The molecule has 3 rings (SSSR count). The number of hydrogen-bond acceptors (Lipinski definition) is 3. The summed E-state index contributed by atoms with van der Waals surface area (Å²) >= 11 is 0. The minimum Gasteiger partial charge on any atom is -0.508 e. The number of fused-ring (bicyclic) bond motifs is 1. The van der Waals surface area contributed by atoms with E-state index in [0.29, 0.717) is 30.8 Å². The van der Waals surface area contributed by atoms with Gasteiger partial charge in [0.15, 0.2) is 5.78 Å². The van der Waals surface area contributed by atoms with Crippen molar-refractivity contribution in [1.82, 2.24) is 0 Å². The van der Waals surface area contributed by atoms with Gasteiger partial charge in [-0.05, 0) is 17.7 Å². The molecule has 1 aliphatic heterocycles. The molecule has 0 atom stereocenters. The second kappa shape index (κ2) is 4.76. The summed E-state index contributed by atoms with van der Waals surface area (Å²) in [6.07, 6.45) is 1.01. The van der Waals surface area contributed by atoms with Crippen LogP contribution < -0.4 is 4.74 Å². The molecule has 0 spiro atoms. The van der Waals surface area contributed by atoms with E-state index in [-0.39, 0.29) is 11.5 Å². The van der Waals surface area contributed by atoms with Gasteiger partial charge in [0.2, 0.25) is 0 Å². The van der Waals surface area contributed by atoms with Crippen LogP contribution in [0.4, 0.5) is 0 Å². The highest BCUT2D eigenvalue weighted by Crippen LogP contribution is 2.36. The number of benzene rings is 2. The van der Waals surface area contributed by atoms with Crippen molar-refractivity contribution in [2.45, 2.75) is 12.8 Å². The molecule has 0 amide bonds. The molecule has 1 aliphatic rings. The lowest BCUT2D eigenvalue weighted by atomic mass is 9.99. The third-order valence-corrected chi connectivity index (χ3v) is 3.34. The normalized spacial score (nSPS) is 12.8. The first kappa shape index (κ1) is 11.8. The number of carbonyl (C=O) groups is 1. The predicted molar refractivity (Wildman–Crippen MR) is 71.8 cm³/mol. The summed E-state index contributed by atoms with van der Waals surface area (Å²) in [6, 6.07) is 12.8. The van der Waals surface area contributed by atoms with Gasteiger partial charge in [-0.25, -0.2) is 0 Å². The minimum atomic E-state index is 0.0179. The molecule has 2 aromatic rings. The van der Waals surface area contributed by atoms with Crippen molar-refractivity contribution in [2.75, 3.05) is 6.61 Å². The average molecular weight is 254 g/mol. The molecular formula is C16H14O3. The molecule has 0 bridgehead atoms. The smallest absolute Gasteiger partial charge is 0.170 e. The number of aromatic hydroxyl groups is 1. The summed E-state index contributed by atoms with van der Waals surface area (Å²) in [5, 5.41) is 9.74. The summed E-state index contributed by atoms with van der Waals surface area (Å²) in [6.45, 7) is 0.526. The molecule has 2 aromatic carbocycles. The predicted octanol–water partition coefficient (Wildman–Crippen LogP) is 2.75. The molecule has 0 aliphatic carbocycles. The number of phenols is 1. The summed E-state index contributed by atoms with van der Waals surface area (Å²) in [4.78, 5) is 12.3. The molecule has 1 N–H and O–H groups in total. The highest BCUT2D eigenvalue weighted by molar-refractivity contribution is 6.00. The van der Waals surface area contributed by atoms with E-state index < -0.39 is 0 Å². The molecule has 1 heterocycles. The topological polar surface area (TPSA) is 46.5 Å². The number of ketones is 1. The second-order valence-corrected chi connectivity index (χ2v) is 4.62. The van der Waals surface area contributed by atoms with Crippen molar-refractivity contribution in [3.05, 3.63) is 59.2 Å². The molecule has 0 aromatic heterocycles. The first-order chi connectivity index (χ1) is 9.25. The maximum absolute atomic E-state index is 12.3. The van der Waals surface area contributed by atoms with Crippen LogP contribution in [0.2, 0.25) is 0 Å². The van der Waals surface area contributed by atoms with Gasteiger partial charge < -0.3 is 9.84 Å². The number of hydrogen-bond donors (Lipinski definition) is 1. The molecule has 19 heavy (non-hydrogen) atoms. The fourth-order valence-electron chi connectivity index (χ4n) is 2.38. The third kappa shape index (κ3) is 2.19. The monoisotopic (exact) mass is 254 g/mol. The highest BCUT2D eigenvalue weighted by atomic mass is 16.5. The van der Waals surface area contributed by atoms with E-state index in [1.807, 2.05) is 30.3 Å². The molecule has 0 fully saturated rings. The Balaban J connectivity index is 1.91. The number of ether oxygens (including phenoxy) is 1. The largest absolute Gasteiger partial charge is 0.508 e. The maximum Gasteiger partial charge on any atom is 0.170 e. The molecule has 0 saturated heterocycles. The number of Topliss-reactive ketones (excluding diaryl/α,β-unsaturated/α-hetero) is 1. The SMILES string of the molecule is O=C(Cc1ccccc1)c1ccc(O)c2c1OCC2. The Kier molecular flexibility index (Phi) is 2.95. The van der Waals surface area contributed by atoms with Crippen LogP contribution in [0.3, 0.4) is 0 Å². The molecule has 3 nitrogen and oxygen atoms in total. The van der Waals surface area contributed by atoms with Gasteiger partial charge in [-0.15, -0.1) is 0 Å². The van der Waals surface area contributed by atoms with E-state index in [1.165, 1.54) is 0 Å². The Morgan fingerprint density at radius 1 is 1.16 bits per heavy atom. The zero-order chi connectivity index (χ0) is 13.2. The fraction of sp³-hybridized carbons (Fsp3) is 0.188. The lowest BCUT2D eigenvalue weighted by Gasteiger charge is -2.08. The average Bonchev–Trinajstić information content (AvgIpc) is 2.90. The fourth-order valence-corrected chi connectivity index (χ4v) is 2.38. The van der Waals surface area contributed by atoms with Crippen LogP contribution in [0.5, 0.6) is 11.5 Å². The Morgan fingerprint density at radius 3 is 2.74 bits per heavy atom. The molecular weight excluding hydrogens is 240 g/mol. The number of rotatable bonds is 3. The summed E-state index contributed by atoms with van der Waals surface area (Å²) in [5.41, 5.74) is 2.29. The van der Waals surface area contributed by atoms with Crippen LogP contribution in [0.15, 0.2) is 42.5 Å². The van der Waals surface area contributed by atoms with E-state index in [0.717, 1.165) is 11.1 Å². The van der Waals surface area contributed by atoms with Crippen molar-refractivity contribution >= 4 is 5.78 Å². The van der Waals surface area contributed by atoms with Gasteiger partial charge in [-0.3, -0.25) is 4.79 Å². The van der Waals surface area contributed by atoms with Crippen LogP contribution in [-0.2, 0) is 12.8 Å². The van der Waals surface area contributed by atoms with E-state index >= 15 is 0 Å². The van der Waals surface area contributed by atoms with Crippen molar-refractivity contribution in [1.29, 1.82) is 0 Å². The second-order valence-electron chi connectivity index (χ2n) is 4.62. The highest BCUT2D eigenvalue weighted by Gasteiger charge is 2.23. The van der Waals surface area contributed by atoms with Crippen molar-refractivity contribution in [3.63, 3.8) is 0 Å². The Bertz CT molecular complexity index is 617. The summed E-state index contributed by atoms with van der Waals surface area (Å²) in [5.74, 6) is 0.786.